The summed E-state index contributed by atoms with van der Waals surface area (Å²) in [7, 11) is 0.614. The van der Waals surface area contributed by atoms with Gasteiger partial charge < -0.3 is 14.2 Å². The van der Waals surface area contributed by atoms with E-state index < -0.39 is 20.0 Å². The van der Waals surface area contributed by atoms with Gasteiger partial charge in [-0.3, -0.25) is 0 Å². The van der Waals surface area contributed by atoms with Crippen molar-refractivity contribution in [1.29, 1.82) is 0 Å². The van der Waals surface area contributed by atoms with Crippen LogP contribution in [0.4, 0.5) is 0 Å². The fourth-order valence-corrected chi connectivity index (χ4v) is 10.7. The standard InChI is InChI=1S/C27H40O5Si/c1-10-11-12-20-22-15-32-16-23(22)21(25(27(29)31-9)24(20)26(28)30-8)13-14-33(17(2)3,18(4)5)19(6)7/h17-19H,10-12,15-16H2,1-9H3. The highest BCUT2D eigenvalue weighted by Gasteiger charge is 2.42. The Bertz CT molecular complexity index is 928. The van der Waals surface area contributed by atoms with Crippen molar-refractivity contribution in [2.45, 2.75) is 97.6 Å². The van der Waals surface area contributed by atoms with Crippen LogP contribution in [-0.2, 0) is 33.8 Å². The van der Waals surface area contributed by atoms with E-state index in [1.807, 2.05) is 0 Å². The Hall–Kier alpha value is -2.10. The smallest absolute Gasteiger partial charge is 0.340 e. The number of esters is 2. The van der Waals surface area contributed by atoms with Crippen LogP contribution in [0.25, 0.3) is 0 Å². The van der Waals surface area contributed by atoms with Gasteiger partial charge in [0.05, 0.1) is 38.6 Å². The summed E-state index contributed by atoms with van der Waals surface area (Å²) in [6.45, 7) is 16.4. The van der Waals surface area contributed by atoms with E-state index in [0.717, 1.165) is 29.5 Å². The molecule has 0 amide bonds. The van der Waals surface area contributed by atoms with Gasteiger partial charge in [-0.1, -0.05) is 60.8 Å². The quantitative estimate of drug-likeness (QED) is 0.256. The molecule has 1 aliphatic heterocycles. The molecule has 0 bridgehead atoms. The van der Waals surface area contributed by atoms with Crippen molar-refractivity contribution in [1.82, 2.24) is 0 Å². The minimum Gasteiger partial charge on any atom is -0.465 e. The molecular weight excluding hydrogens is 432 g/mol. The van der Waals surface area contributed by atoms with Gasteiger partial charge in [0.2, 0.25) is 0 Å². The number of benzene rings is 1. The lowest BCUT2D eigenvalue weighted by Gasteiger charge is -2.38. The predicted molar refractivity (Wildman–Crippen MR) is 134 cm³/mol. The number of ether oxygens (including phenoxy) is 3. The molecule has 1 aromatic carbocycles. The zero-order valence-electron chi connectivity index (χ0n) is 21.8. The molecule has 0 N–H and O–H groups in total. The van der Waals surface area contributed by atoms with Gasteiger partial charge in [-0.2, -0.15) is 0 Å². The molecule has 0 aliphatic carbocycles. The van der Waals surface area contributed by atoms with Gasteiger partial charge in [0.15, 0.2) is 0 Å². The van der Waals surface area contributed by atoms with E-state index in [1.54, 1.807) is 0 Å². The van der Waals surface area contributed by atoms with Crippen molar-refractivity contribution in [2.24, 2.45) is 0 Å². The first-order valence-electron chi connectivity index (χ1n) is 12.1. The maximum atomic E-state index is 13.1. The van der Waals surface area contributed by atoms with Crippen LogP contribution in [0.5, 0.6) is 0 Å². The van der Waals surface area contributed by atoms with Crippen molar-refractivity contribution < 1.29 is 23.8 Å². The molecule has 0 aromatic heterocycles. The number of hydrogen-bond acceptors (Lipinski definition) is 5. The van der Waals surface area contributed by atoms with Gasteiger partial charge in [0.1, 0.15) is 8.07 Å². The molecule has 0 radical (unpaired) electrons. The monoisotopic (exact) mass is 472 g/mol. The van der Waals surface area contributed by atoms with Crippen molar-refractivity contribution in [3.8, 4) is 11.5 Å². The summed E-state index contributed by atoms with van der Waals surface area (Å²) < 4.78 is 16.1. The molecule has 0 saturated carbocycles. The van der Waals surface area contributed by atoms with E-state index in [-0.39, 0.29) is 11.1 Å². The van der Waals surface area contributed by atoms with Gasteiger partial charge in [-0.25, -0.2) is 9.59 Å². The van der Waals surface area contributed by atoms with E-state index in [1.165, 1.54) is 14.2 Å². The fraction of sp³-hybridized carbons (Fsp3) is 0.630. The molecule has 182 valence electrons. The zero-order chi connectivity index (χ0) is 24.9. The van der Waals surface area contributed by atoms with Gasteiger partial charge >= 0.3 is 11.9 Å². The van der Waals surface area contributed by atoms with Crippen LogP contribution in [0.1, 0.15) is 104 Å². The Kier molecular flexibility index (Phi) is 9.34. The predicted octanol–water partition coefficient (Wildman–Crippen LogP) is 6.20. The second kappa shape index (κ2) is 11.4. The maximum Gasteiger partial charge on any atom is 0.340 e. The minimum absolute atomic E-state index is 0.228. The molecule has 33 heavy (non-hydrogen) atoms. The lowest BCUT2D eigenvalue weighted by Crippen LogP contribution is -2.43. The summed E-state index contributed by atoms with van der Waals surface area (Å²) in [4.78, 5) is 26.1. The van der Waals surface area contributed by atoms with Crippen molar-refractivity contribution >= 4 is 20.0 Å². The molecule has 1 aromatic rings. The molecule has 1 heterocycles. The summed E-state index contributed by atoms with van der Waals surface area (Å²) >= 11 is 0. The van der Waals surface area contributed by atoms with Crippen LogP contribution >= 0.6 is 0 Å². The van der Waals surface area contributed by atoms with E-state index in [4.69, 9.17) is 14.2 Å². The van der Waals surface area contributed by atoms with Crippen LogP contribution in [0, 0.1) is 11.5 Å². The molecular formula is C27H40O5Si. The van der Waals surface area contributed by atoms with Gasteiger partial charge in [-0.15, -0.1) is 5.54 Å². The zero-order valence-corrected chi connectivity index (χ0v) is 22.8. The van der Waals surface area contributed by atoms with E-state index >= 15 is 0 Å². The number of carbonyl (C=O) groups excluding carboxylic acids is 2. The first-order valence-corrected chi connectivity index (χ1v) is 14.3. The molecule has 0 fully saturated rings. The molecule has 6 heteroatoms. The first-order chi connectivity index (χ1) is 15.6. The van der Waals surface area contributed by atoms with E-state index in [2.05, 4.69) is 59.9 Å². The molecule has 0 atom stereocenters. The largest absolute Gasteiger partial charge is 0.465 e. The van der Waals surface area contributed by atoms with Crippen molar-refractivity contribution in [2.75, 3.05) is 14.2 Å². The summed E-state index contributed by atoms with van der Waals surface area (Å²) in [5, 5.41) is 0. The van der Waals surface area contributed by atoms with Crippen LogP contribution < -0.4 is 0 Å². The third-order valence-electron chi connectivity index (χ3n) is 7.15. The average molecular weight is 473 g/mol. The van der Waals surface area contributed by atoms with Gasteiger partial charge in [-0.05, 0) is 40.6 Å². The highest BCUT2D eigenvalue weighted by Crippen LogP contribution is 2.41. The summed E-state index contributed by atoms with van der Waals surface area (Å²) in [6, 6.07) is 0. The molecule has 0 saturated heterocycles. The number of unbranched alkanes of at least 4 members (excludes halogenated alkanes) is 1. The normalized spacial score (nSPS) is 13.2. The first kappa shape index (κ1) is 27.1. The van der Waals surface area contributed by atoms with Crippen LogP contribution in [0.3, 0.4) is 0 Å². The third kappa shape index (κ3) is 5.05. The average Bonchev–Trinajstić information content (AvgIpc) is 3.25. The molecule has 0 unspecified atom stereocenters. The number of carbonyl (C=O) groups is 2. The van der Waals surface area contributed by atoms with Gasteiger partial charge in [0, 0.05) is 11.1 Å². The third-order valence-corrected chi connectivity index (χ3v) is 13.4. The van der Waals surface area contributed by atoms with Crippen LogP contribution in [0.2, 0.25) is 16.6 Å². The molecule has 5 nitrogen and oxygen atoms in total. The lowest BCUT2D eigenvalue weighted by molar-refractivity contribution is 0.0553. The SMILES string of the molecule is CCCCc1c2c(c(C#C[Si](C(C)C)(C(C)C)C(C)C)c(C(=O)OC)c1C(=O)OC)COC2. The maximum absolute atomic E-state index is 13.1. The lowest BCUT2D eigenvalue weighted by atomic mass is 9.85. The number of rotatable bonds is 8. The Morgan fingerprint density at radius 1 is 0.909 bits per heavy atom. The van der Waals surface area contributed by atoms with Crippen molar-refractivity contribution in [3.63, 3.8) is 0 Å². The molecule has 1 aliphatic rings. The summed E-state index contributed by atoms with van der Waals surface area (Å²) in [5.74, 6) is 2.35. The van der Waals surface area contributed by atoms with Crippen LogP contribution in [0.15, 0.2) is 0 Å². The number of hydrogen-bond donors (Lipinski definition) is 0. The van der Waals surface area contributed by atoms with E-state index in [9.17, 15) is 9.59 Å². The van der Waals surface area contributed by atoms with Gasteiger partial charge in [0.25, 0.3) is 0 Å². The Labute approximate surface area is 200 Å². The second-order valence-corrected chi connectivity index (χ2v) is 15.4. The number of methoxy groups -OCH3 is 2. The highest BCUT2D eigenvalue weighted by atomic mass is 28.3. The summed E-state index contributed by atoms with van der Waals surface area (Å²) in [5.41, 5.74) is 8.88. The minimum atomic E-state index is -2.07. The van der Waals surface area contributed by atoms with E-state index in [0.29, 0.717) is 41.8 Å². The topological polar surface area (TPSA) is 61.8 Å². The molecule has 0 spiro atoms. The van der Waals surface area contributed by atoms with Crippen LogP contribution in [-0.4, -0.2) is 34.2 Å². The second-order valence-electron chi connectivity index (χ2n) is 9.79. The Morgan fingerprint density at radius 3 is 1.91 bits per heavy atom. The Balaban J connectivity index is 2.98. The van der Waals surface area contributed by atoms with Crippen molar-refractivity contribution in [3.05, 3.63) is 33.4 Å². The number of fused-ring (bicyclic) bond motifs is 1. The molecule has 2 rings (SSSR count). The Morgan fingerprint density at radius 2 is 1.42 bits per heavy atom. The summed E-state index contributed by atoms with van der Waals surface area (Å²) in [6.07, 6.45) is 2.54. The fourth-order valence-electron chi connectivity index (χ4n) is 5.50. The highest BCUT2D eigenvalue weighted by molar-refractivity contribution is 6.90.